The van der Waals surface area contributed by atoms with Crippen molar-refractivity contribution in [3.05, 3.63) is 35.4 Å². The average Bonchev–Trinajstić information content (AvgIpc) is 2.52. The van der Waals surface area contributed by atoms with E-state index in [0.29, 0.717) is 19.7 Å². The van der Waals surface area contributed by atoms with Crippen LogP contribution in [-0.4, -0.2) is 48.6 Å². The number of hydrogen-bond acceptors (Lipinski definition) is 4. The lowest BCUT2D eigenvalue weighted by Crippen LogP contribution is -2.49. The minimum atomic E-state index is -0.395. The molecule has 1 aromatic carbocycles. The molecule has 116 valence electrons. The van der Waals surface area contributed by atoms with Gasteiger partial charge < -0.3 is 15.4 Å². The van der Waals surface area contributed by atoms with Crippen molar-refractivity contribution in [1.82, 2.24) is 4.90 Å². The van der Waals surface area contributed by atoms with E-state index in [-0.39, 0.29) is 12.0 Å². The van der Waals surface area contributed by atoms with Gasteiger partial charge in [-0.2, -0.15) is 11.8 Å². The van der Waals surface area contributed by atoms with Gasteiger partial charge in [-0.05, 0) is 36.5 Å². The van der Waals surface area contributed by atoms with Crippen molar-refractivity contribution < 1.29 is 9.53 Å². The first-order chi connectivity index (χ1) is 10.1. The number of thioether (sulfide) groups is 1. The molecule has 1 aliphatic heterocycles. The number of aryl methyl sites for hydroxylation is 1. The molecule has 1 amide bonds. The summed E-state index contributed by atoms with van der Waals surface area (Å²) in [4.78, 5) is 14.3. The van der Waals surface area contributed by atoms with Gasteiger partial charge in [-0.1, -0.05) is 24.3 Å². The van der Waals surface area contributed by atoms with Gasteiger partial charge in [0.05, 0.1) is 19.2 Å². The van der Waals surface area contributed by atoms with E-state index in [1.165, 1.54) is 5.56 Å². The summed E-state index contributed by atoms with van der Waals surface area (Å²) >= 11 is 1.72. The van der Waals surface area contributed by atoms with Crippen LogP contribution in [-0.2, 0) is 9.53 Å². The standard InChI is InChI=1S/C16H24N2O2S/c1-12-5-3-4-6-13(12)15-11-18(8-9-20-15)16(19)14(17)7-10-21-2/h3-6,14-15H,7-11,17H2,1-2H3/t14-,15+/m1/s1. The highest BCUT2D eigenvalue weighted by Gasteiger charge is 2.28. The molecule has 2 N–H and O–H groups in total. The van der Waals surface area contributed by atoms with Crippen LogP contribution in [0.1, 0.15) is 23.7 Å². The summed E-state index contributed by atoms with van der Waals surface area (Å²) < 4.78 is 5.85. The second-order valence-corrected chi connectivity index (χ2v) is 6.37. The van der Waals surface area contributed by atoms with Crippen molar-refractivity contribution in [2.24, 2.45) is 5.73 Å². The highest BCUT2D eigenvalue weighted by Crippen LogP contribution is 2.25. The smallest absolute Gasteiger partial charge is 0.239 e. The number of nitrogens with zero attached hydrogens (tertiary/aromatic N) is 1. The summed E-state index contributed by atoms with van der Waals surface area (Å²) in [5.41, 5.74) is 8.36. The SMILES string of the molecule is CSCC[C@@H](N)C(=O)N1CCO[C@H](c2ccccc2C)C1. The first-order valence-corrected chi connectivity index (χ1v) is 8.73. The first-order valence-electron chi connectivity index (χ1n) is 7.34. The molecular weight excluding hydrogens is 284 g/mol. The molecule has 0 unspecified atom stereocenters. The number of carbonyl (C=O) groups is 1. The van der Waals surface area contributed by atoms with Crippen LogP contribution in [0.2, 0.25) is 0 Å². The van der Waals surface area contributed by atoms with E-state index in [1.807, 2.05) is 23.3 Å². The molecule has 0 radical (unpaired) electrons. The summed E-state index contributed by atoms with van der Waals surface area (Å²) in [5, 5.41) is 0. The molecule has 1 heterocycles. The third-order valence-corrected chi connectivity index (χ3v) is 4.51. The molecule has 1 saturated heterocycles. The van der Waals surface area contributed by atoms with Gasteiger partial charge in [0.15, 0.2) is 0 Å². The number of amides is 1. The van der Waals surface area contributed by atoms with Gasteiger partial charge >= 0.3 is 0 Å². The van der Waals surface area contributed by atoms with Gasteiger partial charge in [0.2, 0.25) is 5.91 Å². The van der Waals surface area contributed by atoms with Gasteiger partial charge in [-0.15, -0.1) is 0 Å². The van der Waals surface area contributed by atoms with E-state index in [0.717, 1.165) is 17.7 Å². The van der Waals surface area contributed by atoms with Crippen LogP contribution in [0.3, 0.4) is 0 Å². The molecule has 1 aliphatic rings. The third-order valence-electron chi connectivity index (χ3n) is 3.86. The zero-order valence-corrected chi connectivity index (χ0v) is 13.6. The van der Waals surface area contributed by atoms with E-state index >= 15 is 0 Å². The van der Waals surface area contributed by atoms with E-state index in [1.54, 1.807) is 11.8 Å². The topological polar surface area (TPSA) is 55.6 Å². The monoisotopic (exact) mass is 308 g/mol. The Hall–Kier alpha value is -1.04. The molecule has 0 aromatic heterocycles. The molecular formula is C16H24N2O2S. The molecule has 2 atom stereocenters. The Morgan fingerprint density at radius 3 is 3.00 bits per heavy atom. The number of rotatable bonds is 5. The van der Waals surface area contributed by atoms with E-state index < -0.39 is 6.04 Å². The van der Waals surface area contributed by atoms with E-state index in [2.05, 4.69) is 19.1 Å². The minimum absolute atomic E-state index is 0.0448. The Morgan fingerprint density at radius 2 is 2.29 bits per heavy atom. The number of nitrogens with two attached hydrogens (primary N) is 1. The maximum Gasteiger partial charge on any atom is 0.239 e. The quantitative estimate of drug-likeness (QED) is 0.903. The molecule has 5 heteroatoms. The molecule has 0 saturated carbocycles. The Morgan fingerprint density at radius 1 is 1.52 bits per heavy atom. The normalized spacial score (nSPS) is 20.3. The number of carbonyl (C=O) groups excluding carboxylic acids is 1. The molecule has 21 heavy (non-hydrogen) atoms. The first kappa shape index (κ1) is 16.3. The molecule has 1 fully saturated rings. The molecule has 2 rings (SSSR count). The highest BCUT2D eigenvalue weighted by molar-refractivity contribution is 7.98. The summed E-state index contributed by atoms with van der Waals surface area (Å²) in [6.07, 6.45) is 2.71. The maximum absolute atomic E-state index is 12.4. The Balaban J connectivity index is 2.00. The molecule has 0 spiro atoms. The molecule has 4 nitrogen and oxygen atoms in total. The van der Waals surface area contributed by atoms with Gasteiger partial charge in [-0.3, -0.25) is 4.79 Å². The molecule has 1 aromatic rings. The summed E-state index contributed by atoms with van der Waals surface area (Å²) in [5.74, 6) is 0.962. The van der Waals surface area contributed by atoms with Crippen LogP contribution in [0.15, 0.2) is 24.3 Å². The Bertz CT molecular complexity index is 481. The summed E-state index contributed by atoms with van der Waals surface area (Å²) in [6.45, 7) is 3.87. The number of morpholine rings is 1. The average molecular weight is 308 g/mol. The van der Waals surface area contributed by atoms with Crippen LogP contribution in [0.4, 0.5) is 0 Å². The summed E-state index contributed by atoms with van der Waals surface area (Å²) in [6, 6.07) is 7.78. The second kappa shape index (κ2) is 7.82. The molecule has 0 aliphatic carbocycles. The predicted molar refractivity (Wildman–Crippen MR) is 87.4 cm³/mol. The Labute approximate surface area is 131 Å². The number of hydrogen-bond donors (Lipinski definition) is 1. The third kappa shape index (κ3) is 4.22. The number of ether oxygens (including phenoxy) is 1. The zero-order valence-electron chi connectivity index (χ0n) is 12.7. The van der Waals surface area contributed by atoms with Crippen LogP contribution >= 0.6 is 11.8 Å². The van der Waals surface area contributed by atoms with Crippen LogP contribution in [0, 0.1) is 6.92 Å². The fraction of sp³-hybridized carbons (Fsp3) is 0.562. The van der Waals surface area contributed by atoms with Crippen molar-refractivity contribution >= 4 is 17.7 Å². The zero-order chi connectivity index (χ0) is 15.2. The minimum Gasteiger partial charge on any atom is -0.370 e. The predicted octanol–water partition coefficient (Wildman–Crippen LogP) is 1.98. The van der Waals surface area contributed by atoms with Crippen LogP contribution in [0.25, 0.3) is 0 Å². The fourth-order valence-corrected chi connectivity index (χ4v) is 3.08. The second-order valence-electron chi connectivity index (χ2n) is 5.39. The van der Waals surface area contributed by atoms with Gasteiger partial charge in [0.1, 0.15) is 6.10 Å². The van der Waals surface area contributed by atoms with Crippen molar-refractivity contribution in [2.75, 3.05) is 31.7 Å². The lowest BCUT2D eigenvalue weighted by atomic mass is 10.0. The van der Waals surface area contributed by atoms with Crippen molar-refractivity contribution in [3.63, 3.8) is 0 Å². The van der Waals surface area contributed by atoms with Gasteiger partial charge in [0.25, 0.3) is 0 Å². The van der Waals surface area contributed by atoms with Crippen LogP contribution in [0.5, 0.6) is 0 Å². The highest BCUT2D eigenvalue weighted by atomic mass is 32.2. The fourth-order valence-electron chi connectivity index (χ4n) is 2.59. The van der Waals surface area contributed by atoms with E-state index in [9.17, 15) is 4.79 Å². The maximum atomic E-state index is 12.4. The largest absolute Gasteiger partial charge is 0.370 e. The van der Waals surface area contributed by atoms with E-state index in [4.69, 9.17) is 10.5 Å². The molecule has 0 bridgehead atoms. The number of benzene rings is 1. The summed E-state index contributed by atoms with van der Waals surface area (Å²) in [7, 11) is 0. The van der Waals surface area contributed by atoms with Crippen LogP contribution < -0.4 is 5.73 Å². The van der Waals surface area contributed by atoms with Crippen molar-refractivity contribution in [2.45, 2.75) is 25.5 Å². The van der Waals surface area contributed by atoms with Crippen molar-refractivity contribution in [1.29, 1.82) is 0 Å². The van der Waals surface area contributed by atoms with Crippen molar-refractivity contribution in [3.8, 4) is 0 Å². The Kier molecular flexibility index (Phi) is 6.08. The van der Waals surface area contributed by atoms with Gasteiger partial charge in [-0.25, -0.2) is 0 Å². The lowest BCUT2D eigenvalue weighted by Gasteiger charge is -2.35. The lowest BCUT2D eigenvalue weighted by molar-refractivity contribution is -0.140. The van der Waals surface area contributed by atoms with Gasteiger partial charge in [0, 0.05) is 6.54 Å².